The summed E-state index contributed by atoms with van der Waals surface area (Å²) in [4.78, 5) is 7.88. The van der Waals surface area contributed by atoms with Gasteiger partial charge in [0.2, 0.25) is 5.82 Å². The summed E-state index contributed by atoms with van der Waals surface area (Å²) in [7, 11) is 0. The van der Waals surface area contributed by atoms with Gasteiger partial charge in [-0.1, -0.05) is 48.5 Å². The quantitative estimate of drug-likeness (QED) is 0.389. The summed E-state index contributed by atoms with van der Waals surface area (Å²) in [6.07, 6.45) is -3.02. The van der Waals surface area contributed by atoms with E-state index in [2.05, 4.69) is 35.9 Å². The number of hydrogen-bond acceptors (Lipinski definition) is 6. The highest BCUT2D eigenvalue weighted by atomic mass is 19.4. The van der Waals surface area contributed by atoms with Crippen LogP contribution in [0.15, 0.2) is 72.9 Å². The van der Waals surface area contributed by atoms with Gasteiger partial charge in [-0.25, -0.2) is 4.98 Å². The number of nitrogens with one attached hydrogen (secondary N) is 2. The Morgan fingerprint density at radius 1 is 0.909 bits per heavy atom. The fourth-order valence-corrected chi connectivity index (χ4v) is 3.55. The Labute approximate surface area is 185 Å². The molecule has 164 valence electrons. The summed E-state index contributed by atoms with van der Waals surface area (Å²) in [5.41, 5.74) is 3.52. The highest BCUT2D eigenvalue weighted by Crippen LogP contribution is 2.33. The summed E-state index contributed by atoms with van der Waals surface area (Å²) >= 11 is 0. The third-order valence-electron chi connectivity index (χ3n) is 5.12. The number of alkyl halides is 3. The zero-order valence-electron chi connectivity index (χ0n) is 17.0. The summed E-state index contributed by atoms with van der Waals surface area (Å²) in [5.74, 6) is 0.494. The van der Waals surface area contributed by atoms with Crippen LogP contribution < -0.4 is 5.32 Å². The maximum Gasteiger partial charge on any atom is 0.433 e. The van der Waals surface area contributed by atoms with E-state index in [0.717, 1.165) is 28.3 Å². The molecule has 0 aliphatic heterocycles. The lowest BCUT2D eigenvalue weighted by atomic mass is 9.98. The third kappa shape index (κ3) is 4.22. The van der Waals surface area contributed by atoms with Gasteiger partial charge in [-0.2, -0.15) is 18.4 Å². The summed E-state index contributed by atoms with van der Waals surface area (Å²) in [6.45, 7) is 0.319. The smallest absolute Gasteiger partial charge is 0.379 e. The number of nitrogens with zero attached hydrogens (tertiary/aromatic N) is 5. The summed E-state index contributed by atoms with van der Waals surface area (Å²) in [6, 6.07) is 19.5. The second-order valence-corrected chi connectivity index (χ2v) is 7.26. The van der Waals surface area contributed by atoms with E-state index in [0.29, 0.717) is 17.9 Å². The van der Waals surface area contributed by atoms with Crippen molar-refractivity contribution in [2.45, 2.75) is 12.7 Å². The van der Waals surface area contributed by atoms with Crippen molar-refractivity contribution < 1.29 is 13.2 Å². The minimum atomic E-state index is -4.55. The van der Waals surface area contributed by atoms with Crippen molar-refractivity contribution in [1.29, 1.82) is 0 Å². The molecule has 0 unspecified atom stereocenters. The van der Waals surface area contributed by atoms with Crippen molar-refractivity contribution >= 4 is 16.7 Å². The number of halogens is 3. The molecule has 3 heterocycles. The van der Waals surface area contributed by atoms with Gasteiger partial charge in [0.25, 0.3) is 0 Å². The van der Waals surface area contributed by atoms with Crippen LogP contribution in [0.4, 0.5) is 18.9 Å². The molecule has 3 aromatic heterocycles. The first-order valence-electron chi connectivity index (χ1n) is 9.98. The number of aromatic amines is 1. The molecule has 0 atom stereocenters. The predicted molar refractivity (Wildman–Crippen MR) is 117 cm³/mol. The van der Waals surface area contributed by atoms with Crippen LogP contribution in [0, 0.1) is 0 Å². The van der Waals surface area contributed by atoms with Crippen molar-refractivity contribution in [2.75, 3.05) is 5.32 Å². The number of H-pyrrole nitrogens is 1. The standard InChI is InChI=1S/C23H16F3N7/c24-23(25,26)20-12-19(21-18(29-20)6-3-11-27-21)28-13-14-7-9-15(10-8-14)16-4-1-2-5-17(16)22-30-32-33-31-22/h1-12H,13H2,(H,28,29)(H,30,31,32,33). The minimum absolute atomic E-state index is 0.184. The van der Waals surface area contributed by atoms with Crippen molar-refractivity contribution in [1.82, 2.24) is 30.6 Å². The maximum absolute atomic E-state index is 13.3. The topological polar surface area (TPSA) is 92.3 Å². The van der Waals surface area contributed by atoms with Crippen molar-refractivity contribution in [2.24, 2.45) is 0 Å². The van der Waals surface area contributed by atoms with Crippen LogP contribution in [0.25, 0.3) is 33.5 Å². The molecule has 33 heavy (non-hydrogen) atoms. The molecule has 0 aliphatic carbocycles. The predicted octanol–water partition coefficient (Wildman–Crippen LogP) is 5.11. The van der Waals surface area contributed by atoms with Crippen molar-refractivity contribution in [3.63, 3.8) is 0 Å². The van der Waals surface area contributed by atoms with Crippen LogP contribution >= 0.6 is 0 Å². The number of pyridine rings is 2. The molecule has 5 rings (SSSR count). The minimum Gasteiger partial charge on any atom is -0.379 e. The zero-order chi connectivity index (χ0) is 22.8. The van der Waals surface area contributed by atoms with Crippen molar-refractivity contribution in [3.05, 3.63) is 84.2 Å². The lowest BCUT2D eigenvalue weighted by Gasteiger charge is -2.13. The Balaban J connectivity index is 1.40. The Bertz CT molecular complexity index is 1400. The largest absolute Gasteiger partial charge is 0.433 e. The molecule has 5 aromatic rings. The summed E-state index contributed by atoms with van der Waals surface area (Å²) in [5, 5.41) is 17.3. The van der Waals surface area contributed by atoms with E-state index in [1.54, 1.807) is 6.07 Å². The van der Waals surface area contributed by atoms with E-state index in [1.807, 2.05) is 48.5 Å². The van der Waals surface area contributed by atoms with Crippen LogP contribution in [0.2, 0.25) is 0 Å². The van der Waals surface area contributed by atoms with Gasteiger partial charge in [0.15, 0.2) is 0 Å². The Kier molecular flexibility index (Phi) is 5.17. The van der Waals surface area contributed by atoms with Crippen LogP contribution in [-0.2, 0) is 12.7 Å². The van der Waals surface area contributed by atoms with Gasteiger partial charge >= 0.3 is 6.18 Å². The van der Waals surface area contributed by atoms with E-state index in [9.17, 15) is 13.2 Å². The molecule has 2 aromatic carbocycles. The van der Waals surface area contributed by atoms with E-state index in [1.165, 1.54) is 12.3 Å². The van der Waals surface area contributed by atoms with Gasteiger partial charge in [0.1, 0.15) is 11.2 Å². The monoisotopic (exact) mass is 447 g/mol. The molecular weight excluding hydrogens is 431 g/mol. The average Bonchev–Trinajstić information content (AvgIpc) is 3.37. The van der Waals surface area contributed by atoms with Gasteiger partial charge < -0.3 is 5.32 Å². The number of tetrazole rings is 1. The molecule has 0 amide bonds. The fourth-order valence-electron chi connectivity index (χ4n) is 3.55. The normalized spacial score (nSPS) is 11.6. The molecule has 10 heteroatoms. The molecule has 0 radical (unpaired) electrons. The number of aromatic nitrogens is 6. The van der Waals surface area contributed by atoms with Gasteiger partial charge in [0.05, 0.1) is 11.2 Å². The molecule has 7 nitrogen and oxygen atoms in total. The lowest BCUT2D eigenvalue weighted by molar-refractivity contribution is -0.140. The molecule has 0 spiro atoms. The molecule has 0 fully saturated rings. The molecule has 0 aliphatic rings. The van der Waals surface area contributed by atoms with Crippen LogP contribution in [0.5, 0.6) is 0 Å². The number of fused-ring (bicyclic) bond motifs is 1. The fraction of sp³-hybridized carbons (Fsp3) is 0.0870. The molecule has 0 saturated carbocycles. The Morgan fingerprint density at radius 3 is 2.42 bits per heavy atom. The molecular formula is C23H16F3N7. The van der Waals surface area contributed by atoms with E-state index >= 15 is 0 Å². The van der Waals surface area contributed by atoms with Crippen LogP contribution in [0.1, 0.15) is 11.3 Å². The number of anilines is 1. The lowest BCUT2D eigenvalue weighted by Crippen LogP contribution is -2.10. The number of rotatable bonds is 5. The Morgan fingerprint density at radius 2 is 1.70 bits per heavy atom. The zero-order valence-corrected chi connectivity index (χ0v) is 17.0. The van der Waals surface area contributed by atoms with Gasteiger partial charge in [0, 0.05) is 18.3 Å². The maximum atomic E-state index is 13.3. The number of hydrogen-bond donors (Lipinski definition) is 2. The number of benzene rings is 2. The van der Waals surface area contributed by atoms with Gasteiger partial charge in [-0.15, -0.1) is 10.2 Å². The third-order valence-corrected chi connectivity index (χ3v) is 5.12. The first-order valence-corrected chi connectivity index (χ1v) is 9.98. The second-order valence-electron chi connectivity index (χ2n) is 7.26. The van der Waals surface area contributed by atoms with E-state index in [4.69, 9.17) is 0 Å². The van der Waals surface area contributed by atoms with Crippen LogP contribution in [-0.4, -0.2) is 30.6 Å². The molecule has 2 N–H and O–H groups in total. The molecule has 0 bridgehead atoms. The van der Waals surface area contributed by atoms with Gasteiger partial charge in [-0.05, 0) is 40.1 Å². The first-order chi connectivity index (χ1) is 16.0. The second kappa shape index (κ2) is 8.30. The SMILES string of the molecule is FC(F)(F)c1cc(NCc2ccc(-c3ccccc3-c3nn[nH]n3)cc2)c2ncccc2n1. The first kappa shape index (κ1) is 20.6. The average molecular weight is 447 g/mol. The van der Waals surface area contributed by atoms with Gasteiger partial charge in [-0.3, -0.25) is 4.98 Å². The van der Waals surface area contributed by atoms with Crippen molar-refractivity contribution in [3.8, 4) is 22.5 Å². The summed E-state index contributed by atoms with van der Waals surface area (Å²) < 4.78 is 39.8. The highest BCUT2D eigenvalue weighted by molar-refractivity contribution is 5.87. The Hall–Kier alpha value is -4.34. The van der Waals surface area contributed by atoms with Crippen LogP contribution in [0.3, 0.4) is 0 Å². The van der Waals surface area contributed by atoms with E-state index in [-0.39, 0.29) is 11.2 Å². The highest BCUT2D eigenvalue weighted by Gasteiger charge is 2.33. The molecule has 0 saturated heterocycles. The van der Waals surface area contributed by atoms with E-state index < -0.39 is 11.9 Å².